The van der Waals surface area contributed by atoms with Crippen LogP contribution in [-0.4, -0.2) is 11.5 Å². The molecule has 0 fully saturated rings. The summed E-state index contributed by atoms with van der Waals surface area (Å²) in [5, 5.41) is 10.5. The summed E-state index contributed by atoms with van der Waals surface area (Å²) in [7, 11) is 0. The highest BCUT2D eigenvalue weighted by molar-refractivity contribution is 9.10. The molecule has 0 heterocycles. The van der Waals surface area contributed by atoms with Gasteiger partial charge in [-0.15, -0.1) is 0 Å². The maximum Gasteiger partial charge on any atom is 0.270 e. The van der Waals surface area contributed by atoms with Crippen molar-refractivity contribution in [2.45, 2.75) is 12.8 Å². The van der Waals surface area contributed by atoms with E-state index in [0.29, 0.717) is 11.1 Å². The Kier molecular flexibility index (Phi) is 4.19. The van der Waals surface area contributed by atoms with Crippen LogP contribution >= 0.6 is 15.9 Å². The predicted molar refractivity (Wildman–Crippen MR) is 59.4 cm³/mol. The number of non-ortho nitro benzene ring substituents is 1. The number of hydrogen-bond donors (Lipinski definition) is 1. The molecule has 6 heteroatoms. The lowest BCUT2D eigenvalue weighted by atomic mass is 10.0. The van der Waals surface area contributed by atoms with Crippen molar-refractivity contribution in [3.8, 4) is 0 Å². The van der Waals surface area contributed by atoms with E-state index in [4.69, 9.17) is 5.90 Å². The van der Waals surface area contributed by atoms with Crippen LogP contribution in [0.15, 0.2) is 22.7 Å². The Morgan fingerprint density at radius 3 is 2.80 bits per heavy atom. The molecule has 1 aromatic rings. The lowest BCUT2D eigenvalue weighted by Crippen LogP contribution is -2.09. The van der Waals surface area contributed by atoms with Crippen molar-refractivity contribution in [3.63, 3.8) is 0 Å². The number of nitrogens with zero attached hydrogens (tertiary/aromatic N) is 1. The van der Waals surface area contributed by atoms with Crippen molar-refractivity contribution in [3.05, 3.63) is 38.3 Å². The average Bonchev–Trinajstić information content (AvgIpc) is 2.17. The van der Waals surface area contributed by atoms with E-state index < -0.39 is 4.92 Å². The quantitative estimate of drug-likeness (QED) is 0.675. The third kappa shape index (κ3) is 2.98. The number of nitro groups is 1. The largest absolute Gasteiger partial charge is 0.304 e. The summed E-state index contributed by atoms with van der Waals surface area (Å²) in [5.41, 5.74) is 0.998. The Morgan fingerprint density at radius 2 is 2.33 bits per heavy atom. The summed E-state index contributed by atoms with van der Waals surface area (Å²) in [4.78, 5) is 14.6. The summed E-state index contributed by atoms with van der Waals surface area (Å²) >= 11 is 3.29. The monoisotopic (exact) mass is 274 g/mol. The van der Waals surface area contributed by atoms with Crippen LogP contribution in [0.25, 0.3) is 0 Å². The third-order valence-corrected chi connectivity index (χ3v) is 2.76. The second-order valence-electron chi connectivity index (χ2n) is 3.20. The Labute approximate surface area is 95.5 Å². The number of nitro benzene ring substituents is 1. The van der Waals surface area contributed by atoms with Crippen LogP contribution < -0.4 is 5.90 Å². The number of benzene rings is 1. The van der Waals surface area contributed by atoms with Gasteiger partial charge in [0.05, 0.1) is 11.5 Å². The van der Waals surface area contributed by atoms with Crippen molar-refractivity contribution < 1.29 is 9.76 Å². The van der Waals surface area contributed by atoms with Crippen molar-refractivity contribution in [2.75, 3.05) is 6.61 Å². The fourth-order valence-corrected chi connectivity index (χ4v) is 2.02. The van der Waals surface area contributed by atoms with Crippen LogP contribution in [0.4, 0.5) is 5.69 Å². The molecule has 0 amide bonds. The Bertz CT molecular complexity index is 370. The molecular weight excluding hydrogens is 264 g/mol. The van der Waals surface area contributed by atoms with Gasteiger partial charge < -0.3 is 4.84 Å². The summed E-state index contributed by atoms with van der Waals surface area (Å²) in [6.07, 6.45) is 0. The van der Waals surface area contributed by atoms with Crippen LogP contribution in [0, 0.1) is 10.1 Å². The van der Waals surface area contributed by atoms with E-state index in [0.717, 1.165) is 5.56 Å². The van der Waals surface area contributed by atoms with Gasteiger partial charge in [0.15, 0.2) is 0 Å². The van der Waals surface area contributed by atoms with Crippen molar-refractivity contribution in [2.24, 2.45) is 5.90 Å². The molecule has 1 unspecified atom stereocenters. The third-order valence-electron chi connectivity index (χ3n) is 2.07. The molecule has 0 aromatic heterocycles. The molecule has 1 aromatic carbocycles. The molecule has 1 atom stereocenters. The maximum atomic E-state index is 10.5. The first kappa shape index (κ1) is 12.1. The van der Waals surface area contributed by atoms with Crippen LogP contribution in [-0.2, 0) is 4.84 Å². The van der Waals surface area contributed by atoms with Crippen LogP contribution in [0.1, 0.15) is 18.4 Å². The smallest absolute Gasteiger partial charge is 0.270 e. The second kappa shape index (κ2) is 5.20. The minimum atomic E-state index is -0.432. The molecule has 0 spiro atoms. The molecule has 0 bridgehead atoms. The topological polar surface area (TPSA) is 78.4 Å². The van der Waals surface area contributed by atoms with E-state index in [1.54, 1.807) is 6.07 Å². The number of halogens is 1. The first-order valence-corrected chi connectivity index (χ1v) is 5.11. The van der Waals surface area contributed by atoms with Gasteiger partial charge in [0.25, 0.3) is 5.69 Å². The molecule has 2 N–H and O–H groups in total. The van der Waals surface area contributed by atoms with Crippen molar-refractivity contribution in [1.82, 2.24) is 0 Å². The number of hydrogen-bond acceptors (Lipinski definition) is 4. The van der Waals surface area contributed by atoms with Gasteiger partial charge in [-0.3, -0.25) is 10.1 Å². The molecule has 15 heavy (non-hydrogen) atoms. The second-order valence-corrected chi connectivity index (χ2v) is 4.05. The Morgan fingerprint density at radius 1 is 1.67 bits per heavy atom. The fourth-order valence-electron chi connectivity index (χ4n) is 1.26. The summed E-state index contributed by atoms with van der Waals surface area (Å²) < 4.78 is 0.696. The van der Waals surface area contributed by atoms with Gasteiger partial charge in [-0.25, -0.2) is 5.90 Å². The number of rotatable bonds is 4. The lowest BCUT2D eigenvalue weighted by Gasteiger charge is -2.11. The summed E-state index contributed by atoms with van der Waals surface area (Å²) in [5.74, 6) is 5.06. The van der Waals surface area contributed by atoms with Gasteiger partial charge in [0.1, 0.15) is 0 Å². The minimum absolute atomic E-state index is 0.0616. The fraction of sp³-hybridized carbons (Fsp3) is 0.333. The number of nitrogens with two attached hydrogens (primary N) is 1. The molecular formula is C9H11BrN2O3. The van der Waals surface area contributed by atoms with Crippen LogP contribution in [0.3, 0.4) is 0 Å². The maximum absolute atomic E-state index is 10.5. The molecule has 5 nitrogen and oxygen atoms in total. The standard InChI is InChI=1S/C9H11BrN2O3/c1-6(5-15-11)8-3-2-7(12(13)14)4-9(8)10/h2-4,6H,5,11H2,1H3. The van der Waals surface area contributed by atoms with Gasteiger partial charge in [0.2, 0.25) is 0 Å². The van der Waals surface area contributed by atoms with Crippen LogP contribution in [0.2, 0.25) is 0 Å². The van der Waals surface area contributed by atoms with E-state index in [-0.39, 0.29) is 11.6 Å². The van der Waals surface area contributed by atoms with E-state index in [9.17, 15) is 10.1 Å². The van der Waals surface area contributed by atoms with E-state index >= 15 is 0 Å². The van der Waals surface area contributed by atoms with Gasteiger partial charge in [-0.05, 0) is 5.56 Å². The van der Waals surface area contributed by atoms with E-state index in [1.807, 2.05) is 6.92 Å². The molecule has 82 valence electrons. The van der Waals surface area contributed by atoms with Crippen LogP contribution in [0.5, 0.6) is 0 Å². The van der Waals surface area contributed by atoms with E-state index in [1.165, 1.54) is 12.1 Å². The molecule has 0 aliphatic heterocycles. The SMILES string of the molecule is CC(CON)c1ccc([N+](=O)[O-])cc1Br. The summed E-state index contributed by atoms with van der Waals surface area (Å²) in [6.45, 7) is 2.30. The zero-order valence-electron chi connectivity index (χ0n) is 8.14. The van der Waals surface area contributed by atoms with Crippen molar-refractivity contribution in [1.29, 1.82) is 0 Å². The highest BCUT2D eigenvalue weighted by Crippen LogP contribution is 2.28. The van der Waals surface area contributed by atoms with Gasteiger partial charge in [-0.1, -0.05) is 28.9 Å². The normalized spacial score (nSPS) is 12.5. The zero-order valence-corrected chi connectivity index (χ0v) is 9.73. The minimum Gasteiger partial charge on any atom is -0.304 e. The highest BCUT2D eigenvalue weighted by atomic mass is 79.9. The lowest BCUT2D eigenvalue weighted by molar-refractivity contribution is -0.384. The molecule has 1 rings (SSSR count). The average molecular weight is 275 g/mol. The first-order chi connectivity index (χ1) is 7.06. The highest BCUT2D eigenvalue weighted by Gasteiger charge is 2.13. The first-order valence-electron chi connectivity index (χ1n) is 4.31. The Hall–Kier alpha value is -0.980. The molecule has 0 saturated carbocycles. The molecule has 0 radical (unpaired) electrons. The molecule has 0 aliphatic carbocycles. The molecule has 0 aliphatic rings. The zero-order chi connectivity index (χ0) is 11.4. The molecule has 0 saturated heterocycles. The van der Waals surface area contributed by atoms with Gasteiger partial charge in [-0.2, -0.15) is 0 Å². The van der Waals surface area contributed by atoms with E-state index in [2.05, 4.69) is 20.8 Å². The van der Waals surface area contributed by atoms with Gasteiger partial charge in [0, 0.05) is 22.5 Å². The predicted octanol–water partition coefficient (Wildman–Crippen LogP) is 2.35. The Balaban J connectivity index is 2.97. The van der Waals surface area contributed by atoms with Gasteiger partial charge >= 0.3 is 0 Å². The van der Waals surface area contributed by atoms with Crippen molar-refractivity contribution >= 4 is 21.6 Å². The summed E-state index contributed by atoms with van der Waals surface area (Å²) in [6, 6.07) is 4.64.